The molecule has 3 aromatic rings. The summed E-state index contributed by atoms with van der Waals surface area (Å²) < 4.78 is 10.5. The summed E-state index contributed by atoms with van der Waals surface area (Å²) in [6, 6.07) is 14.9. The Morgan fingerprint density at radius 1 is 1.08 bits per heavy atom. The minimum atomic E-state index is -0.128. The van der Waals surface area contributed by atoms with E-state index in [1.165, 1.54) is 0 Å². The van der Waals surface area contributed by atoms with Gasteiger partial charge in [-0.3, -0.25) is 9.78 Å². The number of ether oxygens (including phenoxy) is 2. The van der Waals surface area contributed by atoms with Crippen LogP contribution in [0.2, 0.25) is 0 Å². The van der Waals surface area contributed by atoms with Crippen LogP contribution in [0.25, 0.3) is 10.9 Å². The zero-order valence-electron chi connectivity index (χ0n) is 13.6. The normalized spacial score (nSPS) is 10.4. The molecule has 5 heteroatoms. The Balaban J connectivity index is 1.80. The fourth-order valence-electron chi connectivity index (χ4n) is 2.57. The number of fused-ring (bicyclic) bond motifs is 1. The molecule has 2 aromatic carbocycles. The summed E-state index contributed by atoms with van der Waals surface area (Å²) in [6.45, 7) is 0. The zero-order valence-corrected chi connectivity index (χ0v) is 13.6. The minimum absolute atomic E-state index is 0.128. The lowest BCUT2D eigenvalue weighted by Gasteiger charge is -2.11. The number of para-hydroxylation sites is 1. The third-order valence-electron chi connectivity index (χ3n) is 3.75. The van der Waals surface area contributed by atoms with Gasteiger partial charge in [0, 0.05) is 23.2 Å². The second-order valence-electron chi connectivity index (χ2n) is 5.28. The molecule has 122 valence electrons. The molecule has 0 aliphatic carbocycles. The number of aromatic nitrogens is 1. The zero-order chi connectivity index (χ0) is 16.9. The molecule has 0 fully saturated rings. The number of rotatable bonds is 5. The van der Waals surface area contributed by atoms with Crippen LogP contribution in [-0.2, 0) is 11.2 Å². The van der Waals surface area contributed by atoms with Gasteiger partial charge in [0.25, 0.3) is 0 Å². The SMILES string of the molecule is COc1ccc(CC(=O)Nc2cccc3cccnc23)c(OC)c1. The summed E-state index contributed by atoms with van der Waals surface area (Å²) in [5, 5.41) is 3.91. The second-order valence-corrected chi connectivity index (χ2v) is 5.28. The third kappa shape index (κ3) is 3.30. The lowest BCUT2D eigenvalue weighted by molar-refractivity contribution is -0.115. The quantitative estimate of drug-likeness (QED) is 0.782. The van der Waals surface area contributed by atoms with Crippen molar-refractivity contribution in [2.45, 2.75) is 6.42 Å². The van der Waals surface area contributed by atoms with Crippen LogP contribution in [0.1, 0.15) is 5.56 Å². The molecule has 0 aliphatic heterocycles. The fourth-order valence-corrected chi connectivity index (χ4v) is 2.57. The van der Waals surface area contributed by atoms with E-state index in [4.69, 9.17) is 9.47 Å². The van der Waals surface area contributed by atoms with E-state index in [-0.39, 0.29) is 12.3 Å². The largest absolute Gasteiger partial charge is 0.497 e. The first-order valence-corrected chi connectivity index (χ1v) is 7.56. The molecule has 5 nitrogen and oxygen atoms in total. The van der Waals surface area contributed by atoms with Gasteiger partial charge in [0.15, 0.2) is 0 Å². The third-order valence-corrected chi connectivity index (χ3v) is 3.75. The molecule has 0 saturated carbocycles. The second kappa shape index (κ2) is 7.00. The number of pyridine rings is 1. The number of carbonyl (C=O) groups is 1. The van der Waals surface area contributed by atoms with Gasteiger partial charge < -0.3 is 14.8 Å². The summed E-state index contributed by atoms with van der Waals surface area (Å²) in [4.78, 5) is 16.8. The Kier molecular flexibility index (Phi) is 4.61. The summed E-state index contributed by atoms with van der Waals surface area (Å²) in [5.74, 6) is 1.19. The highest BCUT2D eigenvalue weighted by molar-refractivity contribution is 6.00. The molecular formula is C19H18N2O3. The number of carbonyl (C=O) groups excluding carboxylic acids is 1. The highest BCUT2D eigenvalue weighted by atomic mass is 16.5. The van der Waals surface area contributed by atoms with Crippen LogP contribution in [0.15, 0.2) is 54.7 Å². The molecule has 0 spiro atoms. The topological polar surface area (TPSA) is 60.5 Å². The van der Waals surface area contributed by atoms with Crippen LogP contribution in [0.4, 0.5) is 5.69 Å². The molecule has 1 aromatic heterocycles. The van der Waals surface area contributed by atoms with Crippen LogP contribution < -0.4 is 14.8 Å². The number of hydrogen-bond acceptors (Lipinski definition) is 4. The molecule has 24 heavy (non-hydrogen) atoms. The Morgan fingerprint density at radius 2 is 1.92 bits per heavy atom. The predicted molar refractivity (Wildman–Crippen MR) is 93.6 cm³/mol. The van der Waals surface area contributed by atoms with Gasteiger partial charge >= 0.3 is 0 Å². The average Bonchev–Trinajstić information content (AvgIpc) is 2.62. The molecule has 0 radical (unpaired) electrons. The fraction of sp³-hybridized carbons (Fsp3) is 0.158. The van der Waals surface area contributed by atoms with Crippen molar-refractivity contribution >= 4 is 22.5 Å². The minimum Gasteiger partial charge on any atom is -0.497 e. The number of hydrogen-bond donors (Lipinski definition) is 1. The van der Waals surface area contributed by atoms with Crippen molar-refractivity contribution in [2.24, 2.45) is 0 Å². The van der Waals surface area contributed by atoms with E-state index in [1.54, 1.807) is 26.5 Å². The predicted octanol–water partition coefficient (Wildman–Crippen LogP) is 3.43. The van der Waals surface area contributed by atoms with Gasteiger partial charge in [-0.25, -0.2) is 0 Å². The van der Waals surface area contributed by atoms with Crippen molar-refractivity contribution in [3.8, 4) is 11.5 Å². The van der Waals surface area contributed by atoms with Crippen LogP contribution in [-0.4, -0.2) is 25.1 Å². The van der Waals surface area contributed by atoms with Gasteiger partial charge in [0.05, 0.1) is 31.8 Å². The number of amides is 1. The van der Waals surface area contributed by atoms with Gasteiger partial charge in [0.2, 0.25) is 5.91 Å². The molecular weight excluding hydrogens is 304 g/mol. The average molecular weight is 322 g/mol. The Hall–Kier alpha value is -3.08. The maximum absolute atomic E-state index is 12.4. The van der Waals surface area contributed by atoms with Crippen LogP contribution in [0.5, 0.6) is 11.5 Å². The Labute approximate surface area is 140 Å². The van der Waals surface area contributed by atoms with E-state index in [0.717, 1.165) is 16.5 Å². The van der Waals surface area contributed by atoms with Gasteiger partial charge in [-0.1, -0.05) is 24.3 Å². The maximum Gasteiger partial charge on any atom is 0.228 e. The van der Waals surface area contributed by atoms with Gasteiger partial charge in [-0.2, -0.15) is 0 Å². The monoisotopic (exact) mass is 322 g/mol. The molecule has 1 heterocycles. The molecule has 1 amide bonds. The highest BCUT2D eigenvalue weighted by Gasteiger charge is 2.12. The summed E-state index contributed by atoms with van der Waals surface area (Å²) in [5.41, 5.74) is 2.27. The Bertz CT molecular complexity index is 872. The molecule has 0 bridgehead atoms. The van der Waals surface area contributed by atoms with E-state index in [1.807, 2.05) is 42.5 Å². The van der Waals surface area contributed by atoms with Gasteiger partial charge in [-0.15, -0.1) is 0 Å². The lowest BCUT2D eigenvalue weighted by Crippen LogP contribution is -2.15. The van der Waals surface area contributed by atoms with E-state index in [9.17, 15) is 4.79 Å². The molecule has 0 atom stereocenters. The van der Waals surface area contributed by atoms with E-state index in [2.05, 4.69) is 10.3 Å². The van der Waals surface area contributed by atoms with E-state index in [0.29, 0.717) is 17.2 Å². The van der Waals surface area contributed by atoms with Gasteiger partial charge in [0.1, 0.15) is 11.5 Å². The number of nitrogens with one attached hydrogen (secondary N) is 1. The highest BCUT2D eigenvalue weighted by Crippen LogP contribution is 2.26. The van der Waals surface area contributed by atoms with E-state index < -0.39 is 0 Å². The first-order valence-electron chi connectivity index (χ1n) is 7.56. The molecule has 1 N–H and O–H groups in total. The number of methoxy groups -OCH3 is 2. The first-order chi connectivity index (χ1) is 11.7. The van der Waals surface area contributed by atoms with Crippen LogP contribution in [0.3, 0.4) is 0 Å². The molecule has 0 unspecified atom stereocenters. The summed E-state index contributed by atoms with van der Waals surface area (Å²) in [6.07, 6.45) is 1.92. The summed E-state index contributed by atoms with van der Waals surface area (Å²) in [7, 11) is 3.17. The maximum atomic E-state index is 12.4. The number of benzene rings is 2. The van der Waals surface area contributed by atoms with Crippen molar-refractivity contribution in [1.82, 2.24) is 4.98 Å². The molecule has 0 aliphatic rings. The molecule has 0 saturated heterocycles. The number of anilines is 1. The van der Waals surface area contributed by atoms with Crippen molar-refractivity contribution in [3.05, 3.63) is 60.3 Å². The lowest BCUT2D eigenvalue weighted by atomic mass is 10.1. The summed E-state index contributed by atoms with van der Waals surface area (Å²) >= 11 is 0. The van der Waals surface area contributed by atoms with Crippen molar-refractivity contribution in [3.63, 3.8) is 0 Å². The van der Waals surface area contributed by atoms with E-state index >= 15 is 0 Å². The smallest absolute Gasteiger partial charge is 0.228 e. The van der Waals surface area contributed by atoms with Crippen LogP contribution >= 0.6 is 0 Å². The first kappa shape index (κ1) is 15.8. The Morgan fingerprint density at radius 3 is 2.71 bits per heavy atom. The van der Waals surface area contributed by atoms with Crippen molar-refractivity contribution in [1.29, 1.82) is 0 Å². The van der Waals surface area contributed by atoms with Crippen molar-refractivity contribution in [2.75, 3.05) is 19.5 Å². The van der Waals surface area contributed by atoms with Crippen molar-refractivity contribution < 1.29 is 14.3 Å². The standard InChI is InChI=1S/C19H18N2O3/c1-23-15-9-8-14(17(12-15)24-2)11-18(22)21-16-7-3-5-13-6-4-10-20-19(13)16/h3-10,12H,11H2,1-2H3,(H,21,22). The van der Waals surface area contributed by atoms with Gasteiger partial charge in [-0.05, 0) is 18.2 Å². The molecule has 3 rings (SSSR count). The number of nitrogens with zero attached hydrogens (tertiary/aromatic N) is 1. The van der Waals surface area contributed by atoms with Crippen LogP contribution in [0, 0.1) is 0 Å².